The standard InChI is InChI=1S/C15H16N2O.C2H2O4/c18-14-6-9-17-13-5-8-16-7-4-10(13)11-2-1-3-12(14)15(11)17;3-1(4)2(5)6/h1-3,16H,4-9H2;(H,3,4)(H,5,6). The molecule has 3 heterocycles. The van der Waals surface area contributed by atoms with Crippen LogP contribution in [0.15, 0.2) is 18.2 Å². The number of hydrogen-bond donors (Lipinski definition) is 3. The van der Waals surface area contributed by atoms with Crippen LogP contribution < -0.4 is 5.32 Å². The van der Waals surface area contributed by atoms with E-state index in [1.807, 2.05) is 12.1 Å². The van der Waals surface area contributed by atoms with Crippen LogP contribution in [0.25, 0.3) is 10.9 Å². The molecule has 0 unspecified atom stereocenters. The number of carboxylic acid groups (broad SMARTS) is 2. The van der Waals surface area contributed by atoms with Crippen molar-refractivity contribution in [2.75, 3.05) is 13.1 Å². The number of aliphatic carboxylic acids is 2. The lowest BCUT2D eigenvalue weighted by atomic mass is 10.0. The Balaban J connectivity index is 0.000000246. The molecule has 0 fully saturated rings. The van der Waals surface area contributed by atoms with Crippen LogP contribution in [-0.2, 0) is 29.0 Å². The van der Waals surface area contributed by atoms with Gasteiger partial charge in [0.25, 0.3) is 0 Å². The number of para-hydroxylation sites is 1. The van der Waals surface area contributed by atoms with Gasteiger partial charge in [-0.3, -0.25) is 4.79 Å². The number of aromatic nitrogens is 1. The lowest BCUT2D eigenvalue weighted by Crippen LogP contribution is -2.19. The Labute approximate surface area is 137 Å². The second-order valence-electron chi connectivity index (χ2n) is 5.81. The van der Waals surface area contributed by atoms with Crippen molar-refractivity contribution in [3.8, 4) is 0 Å². The summed E-state index contributed by atoms with van der Waals surface area (Å²) < 4.78 is 2.40. The number of carboxylic acids is 2. The molecule has 2 aliphatic heterocycles. The molecule has 1 aromatic carbocycles. The van der Waals surface area contributed by atoms with Crippen LogP contribution in [0.4, 0.5) is 0 Å². The number of benzene rings is 1. The van der Waals surface area contributed by atoms with Gasteiger partial charge in [0.05, 0.1) is 5.52 Å². The van der Waals surface area contributed by atoms with Crippen LogP contribution in [0.3, 0.4) is 0 Å². The maximum Gasteiger partial charge on any atom is 0.414 e. The van der Waals surface area contributed by atoms with Gasteiger partial charge in [-0.2, -0.15) is 0 Å². The zero-order chi connectivity index (χ0) is 17.3. The lowest BCUT2D eigenvalue weighted by molar-refractivity contribution is -0.159. The molecule has 2 aliphatic rings. The summed E-state index contributed by atoms with van der Waals surface area (Å²) in [5, 5.41) is 19.5. The van der Waals surface area contributed by atoms with Crippen molar-refractivity contribution >= 4 is 28.6 Å². The summed E-state index contributed by atoms with van der Waals surface area (Å²) in [4.78, 5) is 30.2. The molecule has 7 heteroatoms. The Bertz CT molecular complexity index is 825. The molecule has 126 valence electrons. The molecule has 0 saturated carbocycles. The highest BCUT2D eigenvalue weighted by Crippen LogP contribution is 2.33. The van der Waals surface area contributed by atoms with Crippen molar-refractivity contribution in [1.29, 1.82) is 0 Å². The Kier molecular flexibility index (Phi) is 4.35. The first-order chi connectivity index (χ1) is 11.5. The molecule has 0 saturated heterocycles. The summed E-state index contributed by atoms with van der Waals surface area (Å²) in [5.41, 5.74) is 5.04. The average molecular weight is 330 g/mol. The SMILES string of the molecule is O=C(O)C(=O)O.O=C1CCn2c3c(c4cccc1c42)CCNCC3. The number of fused-ring (bicyclic) bond motifs is 3. The van der Waals surface area contributed by atoms with Gasteiger partial charge < -0.3 is 20.1 Å². The number of Topliss-reactive ketones (excluding diaryl/α,β-unsaturated/α-hetero) is 1. The van der Waals surface area contributed by atoms with Crippen molar-refractivity contribution in [2.24, 2.45) is 0 Å². The zero-order valence-electron chi connectivity index (χ0n) is 13.0. The van der Waals surface area contributed by atoms with Crippen LogP contribution >= 0.6 is 0 Å². The van der Waals surface area contributed by atoms with Crippen LogP contribution in [-0.4, -0.2) is 45.6 Å². The fraction of sp³-hybridized carbons (Fsp3) is 0.353. The minimum atomic E-state index is -1.82. The fourth-order valence-electron chi connectivity index (χ4n) is 3.46. The first kappa shape index (κ1) is 16.2. The van der Waals surface area contributed by atoms with E-state index in [1.165, 1.54) is 22.2 Å². The van der Waals surface area contributed by atoms with Crippen molar-refractivity contribution < 1.29 is 24.6 Å². The molecular weight excluding hydrogens is 312 g/mol. The topological polar surface area (TPSA) is 109 Å². The van der Waals surface area contributed by atoms with E-state index in [1.54, 1.807) is 0 Å². The summed E-state index contributed by atoms with van der Waals surface area (Å²) in [6, 6.07) is 6.19. The minimum absolute atomic E-state index is 0.305. The van der Waals surface area contributed by atoms with E-state index in [0.29, 0.717) is 12.2 Å². The number of aryl methyl sites for hydroxylation is 1. The molecule has 4 rings (SSSR count). The molecule has 7 nitrogen and oxygen atoms in total. The third kappa shape index (κ3) is 2.78. The molecule has 0 atom stereocenters. The highest BCUT2D eigenvalue weighted by Gasteiger charge is 2.25. The molecule has 24 heavy (non-hydrogen) atoms. The predicted octanol–water partition coefficient (Wildman–Crippen LogP) is 1.07. The van der Waals surface area contributed by atoms with E-state index >= 15 is 0 Å². The number of nitrogens with one attached hydrogen (secondary N) is 1. The van der Waals surface area contributed by atoms with E-state index in [-0.39, 0.29) is 0 Å². The van der Waals surface area contributed by atoms with Crippen LogP contribution in [0, 0.1) is 0 Å². The molecule has 0 spiro atoms. The number of nitrogens with zero attached hydrogens (tertiary/aromatic N) is 1. The summed E-state index contributed by atoms with van der Waals surface area (Å²) >= 11 is 0. The van der Waals surface area contributed by atoms with E-state index in [9.17, 15) is 4.79 Å². The monoisotopic (exact) mass is 330 g/mol. The highest BCUT2D eigenvalue weighted by atomic mass is 16.4. The largest absolute Gasteiger partial charge is 0.473 e. The smallest absolute Gasteiger partial charge is 0.414 e. The predicted molar refractivity (Wildman–Crippen MR) is 86.4 cm³/mol. The van der Waals surface area contributed by atoms with Gasteiger partial charge in [-0.05, 0) is 24.6 Å². The third-order valence-electron chi connectivity index (χ3n) is 4.44. The molecule has 0 radical (unpaired) electrons. The number of carbonyl (C=O) groups is 3. The normalized spacial score (nSPS) is 15.9. The van der Waals surface area contributed by atoms with Gasteiger partial charge in [0, 0.05) is 42.6 Å². The Hall–Kier alpha value is -2.67. The van der Waals surface area contributed by atoms with E-state index in [0.717, 1.165) is 38.0 Å². The van der Waals surface area contributed by atoms with Crippen molar-refractivity contribution in [3.05, 3.63) is 35.0 Å². The Morgan fingerprint density at radius 3 is 2.46 bits per heavy atom. The number of rotatable bonds is 0. The summed E-state index contributed by atoms with van der Waals surface area (Å²) in [6.45, 7) is 2.96. The molecule has 1 aromatic heterocycles. The number of ketones is 1. The van der Waals surface area contributed by atoms with Gasteiger partial charge in [-0.25, -0.2) is 9.59 Å². The van der Waals surface area contributed by atoms with Crippen molar-refractivity contribution in [1.82, 2.24) is 9.88 Å². The molecule has 3 N–H and O–H groups in total. The van der Waals surface area contributed by atoms with E-state index < -0.39 is 11.9 Å². The Morgan fingerprint density at radius 2 is 1.75 bits per heavy atom. The van der Waals surface area contributed by atoms with Crippen LogP contribution in [0.2, 0.25) is 0 Å². The first-order valence-corrected chi connectivity index (χ1v) is 7.83. The number of hydrogen-bond acceptors (Lipinski definition) is 4. The fourth-order valence-corrected chi connectivity index (χ4v) is 3.46. The van der Waals surface area contributed by atoms with Gasteiger partial charge in [-0.1, -0.05) is 12.1 Å². The highest BCUT2D eigenvalue weighted by molar-refractivity contribution is 6.27. The van der Waals surface area contributed by atoms with Gasteiger partial charge in [0.1, 0.15) is 0 Å². The minimum Gasteiger partial charge on any atom is -0.473 e. The maximum absolute atomic E-state index is 12.0. The van der Waals surface area contributed by atoms with Crippen LogP contribution in [0.1, 0.15) is 28.0 Å². The summed E-state index contributed by atoms with van der Waals surface area (Å²) in [7, 11) is 0. The van der Waals surface area contributed by atoms with E-state index in [4.69, 9.17) is 19.8 Å². The van der Waals surface area contributed by atoms with E-state index in [2.05, 4.69) is 16.0 Å². The molecule has 0 bridgehead atoms. The summed E-state index contributed by atoms with van der Waals surface area (Å²) in [6.07, 6.45) is 2.81. The average Bonchev–Trinajstić information content (AvgIpc) is 2.73. The van der Waals surface area contributed by atoms with Gasteiger partial charge in [0.2, 0.25) is 0 Å². The summed E-state index contributed by atoms with van der Waals surface area (Å²) in [5.74, 6) is -3.34. The van der Waals surface area contributed by atoms with Crippen LogP contribution in [0.5, 0.6) is 0 Å². The number of carbonyl (C=O) groups excluding carboxylic acids is 1. The second-order valence-corrected chi connectivity index (χ2v) is 5.81. The zero-order valence-corrected chi connectivity index (χ0v) is 13.0. The first-order valence-electron chi connectivity index (χ1n) is 7.83. The van der Waals surface area contributed by atoms with Gasteiger partial charge in [-0.15, -0.1) is 0 Å². The second kappa shape index (κ2) is 6.45. The van der Waals surface area contributed by atoms with Gasteiger partial charge in [0.15, 0.2) is 5.78 Å². The van der Waals surface area contributed by atoms with Crippen molar-refractivity contribution in [3.63, 3.8) is 0 Å². The molecule has 2 aromatic rings. The van der Waals surface area contributed by atoms with Gasteiger partial charge >= 0.3 is 11.9 Å². The Morgan fingerprint density at radius 1 is 1.04 bits per heavy atom. The molecule has 0 aliphatic carbocycles. The third-order valence-corrected chi connectivity index (χ3v) is 4.44. The van der Waals surface area contributed by atoms with Crippen molar-refractivity contribution in [2.45, 2.75) is 25.8 Å². The maximum atomic E-state index is 12.0. The molecular formula is C17H18N2O5. The quantitative estimate of drug-likeness (QED) is 0.624. The lowest BCUT2D eigenvalue weighted by Gasteiger charge is -2.17. The molecule has 0 amide bonds.